The number of halogens is 1. The van der Waals surface area contributed by atoms with Gasteiger partial charge in [0.25, 0.3) is 0 Å². The predicted octanol–water partition coefficient (Wildman–Crippen LogP) is 2.53. The Morgan fingerprint density at radius 2 is 1.67 bits per heavy atom. The molecule has 0 unspecified atom stereocenters. The normalized spacial score (nSPS) is 16.6. The minimum Gasteiger partial charge on any atom is -0.496 e. The number of rotatable bonds is 4. The molecule has 1 saturated carbocycles. The van der Waals surface area contributed by atoms with E-state index in [9.17, 15) is 9.50 Å². The molecule has 1 N–H and O–H groups in total. The molecule has 1 fully saturated rings. The third-order valence-electron chi connectivity index (χ3n) is 3.68. The lowest BCUT2D eigenvalue weighted by atomic mass is 9.96. The summed E-state index contributed by atoms with van der Waals surface area (Å²) in [4.78, 5) is 0. The Hall–Kier alpha value is -1.29. The van der Waals surface area contributed by atoms with E-state index < -0.39 is 11.4 Å². The van der Waals surface area contributed by atoms with Crippen LogP contribution in [0.1, 0.15) is 29.5 Å². The maximum Gasteiger partial charge on any atom is 0.171 e. The van der Waals surface area contributed by atoms with Crippen LogP contribution in [0.4, 0.5) is 4.39 Å². The summed E-state index contributed by atoms with van der Waals surface area (Å²) in [6, 6.07) is 0. The second kappa shape index (κ2) is 4.43. The van der Waals surface area contributed by atoms with Gasteiger partial charge in [0.1, 0.15) is 5.75 Å². The molecule has 0 bridgehead atoms. The first-order valence-electron chi connectivity index (χ1n) is 6.05. The third-order valence-corrected chi connectivity index (χ3v) is 3.68. The molecule has 18 heavy (non-hydrogen) atoms. The molecule has 0 radical (unpaired) electrons. The van der Waals surface area contributed by atoms with Crippen molar-refractivity contribution in [2.45, 2.75) is 38.7 Å². The van der Waals surface area contributed by atoms with Gasteiger partial charge in [0.2, 0.25) is 0 Å². The van der Waals surface area contributed by atoms with Gasteiger partial charge in [-0.05, 0) is 26.7 Å². The van der Waals surface area contributed by atoms with E-state index in [1.807, 2.05) is 0 Å². The van der Waals surface area contributed by atoms with Gasteiger partial charge in [0.15, 0.2) is 11.6 Å². The summed E-state index contributed by atoms with van der Waals surface area (Å²) in [6.45, 7) is 3.46. The highest BCUT2D eigenvalue weighted by Gasteiger charge is 2.42. The smallest absolute Gasteiger partial charge is 0.171 e. The Morgan fingerprint density at radius 3 is 2.11 bits per heavy atom. The van der Waals surface area contributed by atoms with Crippen LogP contribution in [0.15, 0.2) is 0 Å². The Morgan fingerprint density at radius 1 is 1.11 bits per heavy atom. The molecule has 0 spiro atoms. The van der Waals surface area contributed by atoms with Crippen LogP contribution < -0.4 is 9.47 Å². The number of hydrogen-bond acceptors (Lipinski definition) is 3. The molecule has 4 heteroatoms. The molecule has 0 saturated heterocycles. The second-order valence-electron chi connectivity index (χ2n) is 5.01. The monoisotopic (exact) mass is 254 g/mol. The number of methoxy groups -OCH3 is 2. The largest absolute Gasteiger partial charge is 0.496 e. The van der Waals surface area contributed by atoms with Crippen molar-refractivity contribution in [2.75, 3.05) is 14.2 Å². The van der Waals surface area contributed by atoms with Gasteiger partial charge in [-0.25, -0.2) is 4.39 Å². The molecule has 1 aliphatic carbocycles. The van der Waals surface area contributed by atoms with Crippen LogP contribution >= 0.6 is 0 Å². The number of benzene rings is 1. The molecule has 0 aliphatic heterocycles. The molecule has 3 nitrogen and oxygen atoms in total. The van der Waals surface area contributed by atoms with Crippen molar-refractivity contribution >= 4 is 0 Å². The van der Waals surface area contributed by atoms with Gasteiger partial charge < -0.3 is 14.6 Å². The van der Waals surface area contributed by atoms with E-state index in [-0.39, 0.29) is 5.75 Å². The number of ether oxygens (including phenoxy) is 2. The van der Waals surface area contributed by atoms with Crippen molar-refractivity contribution in [1.82, 2.24) is 0 Å². The lowest BCUT2D eigenvalue weighted by Gasteiger charge is -2.20. The summed E-state index contributed by atoms with van der Waals surface area (Å²) < 4.78 is 24.5. The molecule has 1 aliphatic rings. The van der Waals surface area contributed by atoms with Gasteiger partial charge >= 0.3 is 0 Å². The van der Waals surface area contributed by atoms with Gasteiger partial charge in [-0.3, -0.25) is 0 Å². The van der Waals surface area contributed by atoms with Crippen LogP contribution in [0.3, 0.4) is 0 Å². The lowest BCUT2D eigenvalue weighted by molar-refractivity contribution is 0.149. The summed E-state index contributed by atoms with van der Waals surface area (Å²) in [7, 11) is 2.97. The van der Waals surface area contributed by atoms with Gasteiger partial charge in [-0.15, -0.1) is 0 Å². The van der Waals surface area contributed by atoms with Crippen molar-refractivity contribution in [3.05, 3.63) is 22.5 Å². The molecule has 100 valence electrons. The summed E-state index contributed by atoms with van der Waals surface area (Å²) in [6.07, 6.45) is 2.06. The minimum absolute atomic E-state index is 0.243. The quantitative estimate of drug-likeness (QED) is 0.897. The second-order valence-corrected chi connectivity index (χ2v) is 5.01. The Kier molecular flexibility index (Phi) is 3.23. The molecule has 0 heterocycles. The van der Waals surface area contributed by atoms with Crippen LogP contribution in [-0.2, 0) is 6.42 Å². The molecular formula is C14H19FO3. The highest BCUT2D eigenvalue weighted by Crippen LogP contribution is 2.44. The first kappa shape index (κ1) is 13.1. The van der Waals surface area contributed by atoms with Crippen LogP contribution in [-0.4, -0.2) is 24.9 Å². The van der Waals surface area contributed by atoms with E-state index in [1.54, 1.807) is 13.8 Å². The highest BCUT2D eigenvalue weighted by molar-refractivity contribution is 5.54. The Labute approximate surface area is 107 Å². The van der Waals surface area contributed by atoms with Crippen molar-refractivity contribution in [2.24, 2.45) is 0 Å². The molecular weight excluding hydrogens is 235 g/mol. The fourth-order valence-electron chi connectivity index (χ4n) is 2.35. The Balaban J connectivity index is 2.57. The summed E-state index contributed by atoms with van der Waals surface area (Å²) in [5.41, 5.74) is 1.33. The zero-order valence-electron chi connectivity index (χ0n) is 11.3. The van der Waals surface area contributed by atoms with Crippen molar-refractivity contribution in [3.8, 4) is 11.5 Å². The van der Waals surface area contributed by atoms with E-state index in [2.05, 4.69) is 0 Å². The van der Waals surface area contributed by atoms with Crippen LogP contribution in [0.25, 0.3) is 0 Å². The molecule has 0 aromatic heterocycles. The van der Waals surface area contributed by atoms with Crippen molar-refractivity contribution in [1.29, 1.82) is 0 Å². The minimum atomic E-state index is -0.646. The fourth-order valence-corrected chi connectivity index (χ4v) is 2.35. The average Bonchev–Trinajstić information content (AvgIpc) is 3.05. The standard InChI is InChI=1S/C14H19FO3/c1-8-10(7-14(16)5-6-14)12(17-3)9(2)11(15)13(8)18-4/h16H,5-7H2,1-4H3. The van der Waals surface area contributed by atoms with E-state index in [0.29, 0.717) is 23.3 Å². The molecule has 1 aromatic carbocycles. The van der Waals surface area contributed by atoms with Crippen LogP contribution in [0.2, 0.25) is 0 Å². The molecule has 0 amide bonds. The Bertz CT molecular complexity index is 479. The SMILES string of the molecule is COc1c(C)c(CC2(O)CC2)c(OC)c(C)c1F. The van der Waals surface area contributed by atoms with Gasteiger partial charge in [-0.2, -0.15) is 0 Å². The summed E-state index contributed by atoms with van der Waals surface area (Å²) in [5.74, 6) is 0.372. The van der Waals surface area contributed by atoms with E-state index in [1.165, 1.54) is 14.2 Å². The van der Waals surface area contributed by atoms with Gasteiger partial charge in [0.05, 0.1) is 19.8 Å². The average molecular weight is 254 g/mol. The van der Waals surface area contributed by atoms with E-state index in [4.69, 9.17) is 9.47 Å². The topological polar surface area (TPSA) is 38.7 Å². The molecule has 0 atom stereocenters. The number of hydrogen-bond donors (Lipinski definition) is 1. The van der Waals surface area contributed by atoms with Crippen LogP contribution in [0, 0.1) is 19.7 Å². The predicted molar refractivity (Wildman–Crippen MR) is 66.9 cm³/mol. The molecule has 2 rings (SSSR count). The summed E-state index contributed by atoms with van der Waals surface area (Å²) >= 11 is 0. The van der Waals surface area contributed by atoms with E-state index >= 15 is 0 Å². The first-order chi connectivity index (χ1) is 8.43. The third kappa shape index (κ3) is 2.05. The molecule has 1 aromatic rings. The first-order valence-corrected chi connectivity index (χ1v) is 6.05. The van der Waals surface area contributed by atoms with Crippen LogP contribution in [0.5, 0.6) is 11.5 Å². The summed E-state index contributed by atoms with van der Waals surface area (Å²) in [5, 5.41) is 10.1. The van der Waals surface area contributed by atoms with E-state index in [0.717, 1.165) is 18.4 Å². The van der Waals surface area contributed by atoms with Crippen molar-refractivity contribution in [3.63, 3.8) is 0 Å². The lowest BCUT2D eigenvalue weighted by Crippen LogP contribution is -2.14. The number of aliphatic hydroxyl groups is 1. The van der Waals surface area contributed by atoms with Gasteiger partial charge in [0, 0.05) is 23.1 Å². The maximum atomic E-state index is 14.1. The van der Waals surface area contributed by atoms with Gasteiger partial charge in [-0.1, -0.05) is 0 Å². The zero-order valence-corrected chi connectivity index (χ0v) is 11.3. The van der Waals surface area contributed by atoms with Crippen molar-refractivity contribution < 1.29 is 19.0 Å². The highest BCUT2D eigenvalue weighted by atomic mass is 19.1. The zero-order chi connectivity index (χ0) is 13.5. The maximum absolute atomic E-state index is 14.1. The fraction of sp³-hybridized carbons (Fsp3) is 0.571.